The molecule has 17 heavy (non-hydrogen) atoms. The third-order valence-corrected chi connectivity index (χ3v) is 3.04. The van der Waals surface area contributed by atoms with Gasteiger partial charge in [0, 0.05) is 13.0 Å². The molecule has 1 amide bonds. The van der Waals surface area contributed by atoms with Crippen LogP contribution in [0.5, 0.6) is 0 Å². The summed E-state index contributed by atoms with van der Waals surface area (Å²) in [5.74, 6) is 0.784. The van der Waals surface area contributed by atoms with Crippen LogP contribution < -0.4 is 11.1 Å². The van der Waals surface area contributed by atoms with Crippen molar-refractivity contribution in [3.05, 3.63) is 0 Å². The molecule has 0 aromatic carbocycles. The van der Waals surface area contributed by atoms with Gasteiger partial charge in [-0.1, -0.05) is 13.3 Å². The molecule has 0 saturated carbocycles. The van der Waals surface area contributed by atoms with E-state index < -0.39 is 0 Å². The van der Waals surface area contributed by atoms with Crippen LogP contribution in [0, 0.1) is 5.92 Å². The zero-order valence-corrected chi connectivity index (χ0v) is 11.7. The van der Waals surface area contributed by atoms with Gasteiger partial charge in [0.25, 0.3) is 0 Å². The van der Waals surface area contributed by atoms with Crippen molar-refractivity contribution in [2.75, 3.05) is 33.7 Å². The molecule has 0 rings (SSSR count). The molecule has 0 aliphatic carbocycles. The van der Waals surface area contributed by atoms with Crippen molar-refractivity contribution in [2.24, 2.45) is 11.7 Å². The lowest BCUT2D eigenvalue weighted by Crippen LogP contribution is -2.27. The molecule has 0 bridgehead atoms. The standard InChI is InChI=1S/C13H29N3O/c1-4-12(8-9-14)6-7-13(17)15-10-5-11-16(2)3/h12H,4-11,14H2,1-3H3,(H,15,17). The molecule has 0 aromatic rings. The molecule has 0 aliphatic heterocycles. The van der Waals surface area contributed by atoms with Gasteiger partial charge in [-0.15, -0.1) is 0 Å². The highest BCUT2D eigenvalue weighted by atomic mass is 16.1. The molecule has 4 heteroatoms. The molecule has 0 radical (unpaired) electrons. The van der Waals surface area contributed by atoms with Gasteiger partial charge in [0.15, 0.2) is 0 Å². The topological polar surface area (TPSA) is 58.4 Å². The minimum Gasteiger partial charge on any atom is -0.356 e. The average molecular weight is 243 g/mol. The van der Waals surface area contributed by atoms with E-state index in [1.54, 1.807) is 0 Å². The Balaban J connectivity index is 3.51. The fourth-order valence-electron chi connectivity index (χ4n) is 1.83. The third-order valence-electron chi connectivity index (χ3n) is 3.04. The zero-order chi connectivity index (χ0) is 13.1. The predicted octanol–water partition coefficient (Wildman–Crippen LogP) is 1.21. The minimum absolute atomic E-state index is 0.180. The van der Waals surface area contributed by atoms with Crippen molar-refractivity contribution in [1.29, 1.82) is 0 Å². The highest BCUT2D eigenvalue weighted by Crippen LogP contribution is 2.14. The normalized spacial score (nSPS) is 12.8. The van der Waals surface area contributed by atoms with Crippen LogP contribution in [0.25, 0.3) is 0 Å². The summed E-state index contributed by atoms with van der Waals surface area (Å²) in [6.45, 7) is 4.69. The number of hydrogen-bond acceptors (Lipinski definition) is 3. The van der Waals surface area contributed by atoms with Crippen LogP contribution in [-0.4, -0.2) is 44.5 Å². The number of rotatable bonds is 10. The molecule has 1 atom stereocenters. The van der Waals surface area contributed by atoms with Crippen LogP contribution in [0.4, 0.5) is 0 Å². The van der Waals surface area contributed by atoms with Gasteiger partial charge < -0.3 is 16.0 Å². The molecule has 0 heterocycles. The molecule has 0 fully saturated rings. The third kappa shape index (κ3) is 10.3. The first kappa shape index (κ1) is 16.4. The van der Waals surface area contributed by atoms with Gasteiger partial charge in [-0.2, -0.15) is 0 Å². The Morgan fingerprint density at radius 1 is 1.35 bits per heavy atom. The van der Waals surface area contributed by atoms with E-state index in [-0.39, 0.29) is 5.91 Å². The van der Waals surface area contributed by atoms with Crippen molar-refractivity contribution in [2.45, 2.75) is 39.0 Å². The number of nitrogens with zero attached hydrogens (tertiary/aromatic N) is 1. The van der Waals surface area contributed by atoms with Crippen molar-refractivity contribution in [3.8, 4) is 0 Å². The Morgan fingerprint density at radius 3 is 2.59 bits per heavy atom. The Bertz CT molecular complexity index is 195. The summed E-state index contributed by atoms with van der Waals surface area (Å²) in [7, 11) is 4.08. The Morgan fingerprint density at radius 2 is 2.06 bits per heavy atom. The van der Waals surface area contributed by atoms with Gasteiger partial charge in [-0.05, 0) is 52.4 Å². The molecular formula is C13H29N3O. The first-order valence-corrected chi connectivity index (χ1v) is 6.71. The van der Waals surface area contributed by atoms with Crippen LogP contribution in [0.15, 0.2) is 0 Å². The van der Waals surface area contributed by atoms with E-state index in [1.165, 1.54) is 0 Å². The summed E-state index contributed by atoms with van der Waals surface area (Å²) in [6.07, 6.45) is 4.77. The quantitative estimate of drug-likeness (QED) is 0.567. The summed E-state index contributed by atoms with van der Waals surface area (Å²) in [4.78, 5) is 13.7. The number of carbonyl (C=O) groups excluding carboxylic acids is 1. The number of nitrogens with two attached hydrogens (primary N) is 1. The fourth-order valence-corrected chi connectivity index (χ4v) is 1.83. The first-order valence-electron chi connectivity index (χ1n) is 6.71. The van der Waals surface area contributed by atoms with Gasteiger partial charge in [-0.3, -0.25) is 4.79 Å². The lowest BCUT2D eigenvalue weighted by atomic mass is 9.96. The molecule has 1 unspecified atom stereocenters. The minimum atomic E-state index is 0.180. The SMILES string of the molecule is CCC(CCN)CCC(=O)NCCCN(C)C. The van der Waals surface area contributed by atoms with E-state index in [4.69, 9.17) is 5.73 Å². The second kappa shape index (κ2) is 10.5. The first-order chi connectivity index (χ1) is 8.10. The maximum Gasteiger partial charge on any atom is 0.220 e. The molecule has 0 spiro atoms. The van der Waals surface area contributed by atoms with Gasteiger partial charge in [0.1, 0.15) is 0 Å². The fraction of sp³-hybridized carbons (Fsp3) is 0.923. The highest BCUT2D eigenvalue weighted by Gasteiger charge is 2.08. The highest BCUT2D eigenvalue weighted by molar-refractivity contribution is 5.75. The molecule has 0 aromatic heterocycles. The molecule has 102 valence electrons. The molecule has 4 nitrogen and oxygen atoms in total. The van der Waals surface area contributed by atoms with Crippen LogP contribution in [0.3, 0.4) is 0 Å². The summed E-state index contributed by atoms with van der Waals surface area (Å²) in [6, 6.07) is 0. The smallest absolute Gasteiger partial charge is 0.220 e. The van der Waals surface area contributed by atoms with Crippen molar-refractivity contribution in [1.82, 2.24) is 10.2 Å². The van der Waals surface area contributed by atoms with E-state index in [0.29, 0.717) is 12.3 Å². The van der Waals surface area contributed by atoms with Gasteiger partial charge in [0.2, 0.25) is 5.91 Å². The van der Waals surface area contributed by atoms with Gasteiger partial charge >= 0.3 is 0 Å². The van der Waals surface area contributed by atoms with Crippen LogP contribution >= 0.6 is 0 Å². The lowest BCUT2D eigenvalue weighted by Gasteiger charge is -2.13. The van der Waals surface area contributed by atoms with Gasteiger partial charge in [0.05, 0.1) is 0 Å². The summed E-state index contributed by atoms with van der Waals surface area (Å²) >= 11 is 0. The maximum atomic E-state index is 11.6. The Kier molecular flexibility index (Phi) is 10.2. The second-order valence-corrected chi connectivity index (χ2v) is 4.90. The average Bonchev–Trinajstić information content (AvgIpc) is 2.29. The largest absolute Gasteiger partial charge is 0.356 e. The molecular weight excluding hydrogens is 214 g/mol. The summed E-state index contributed by atoms with van der Waals surface area (Å²) < 4.78 is 0. The predicted molar refractivity (Wildman–Crippen MR) is 72.9 cm³/mol. The summed E-state index contributed by atoms with van der Waals surface area (Å²) in [5, 5.41) is 2.96. The number of carbonyl (C=O) groups is 1. The van der Waals surface area contributed by atoms with E-state index >= 15 is 0 Å². The van der Waals surface area contributed by atoms with E-state index in [0.717, 1.165) is 45.3 Å². The van der Waals surface area contributed by atoms with E-state index in [1.807, 2.05) is 14.1 Å². The number of amides is 1. The second-order valence-electron chi connectivity index (χ2n) is 4.90. The lowest BCUT2D eigenvalue weighted by molar-refractivity contribution is -0.121. The van der Waals surface area contributed by atoms with Crippen molar-refractivity contribution < 1.29 is 4.79 Å². The van der Waals surface area contributed by atoms with Crippen LogP contribution in [0.1, 0.15) is 39.0 Å². The Hall–Kier alpha value is -0.610. The van der Waals surface area contributed by atoms with Crippen molar-refractivity contribution in [3.63, 3.8) is 0 Å². The molecule has 0 saturated heterocycles. The van der Waals surface area contributed by atoms with Crippen LogP contribution in [0.2, 0.25) is 0 Å². The van der Waals surface area contributed by atoms with Crippen molar-refractivity contribution >= 4 is 5.91 Å². The molecule has 3 N–H and O–H groups in total. The number of nitrogens with one attached hydrogen (secondary N) is 1. The molecule has 0 aliphatic rings. The zero-order valence-electron chi connectivity index (χ0n) is 11.7. The van der Waals surface area contributed by atoms with E-state index in [2.05, 4.69) is 17.1 Å². The van der Waals surface area contributed by atoms with Crippen LogP contribution in [-0.2, 0) is 4.79 Å². The summed E-state index contributed by atoms with van der Waals surface area (Å²) in [5.41, 5.74) is 5.53. The van der Waals surface area contributed by atoms with Gasteiger partial charge in [-0.25, -0.2) is 0 Å². The maximum absolute atomic E-state index is 11.6. The van der Waals surface area contributed by atoms with E-state index in [9.17, 15) is 4.79 Å². The monoisotopic (exact) mass is 243 g/mol. The number of hydrogen-bond donors (Lipinski definition) is 2. The Labute approximate surface area is 106 Å².